The molecule has 0 saturated carbocycles. The Morgan fingerprint density at radius 3 is 2.77 bits per heavy atom. The molecule has 0 aromatic heterocycles. The largest absolute Gasteiger partial charge is 0.419 e. The molecule has 1 aliphatic heterocycles. The quantitative estimate of drug-likeness (QED) is 0.638. The number of hydrogen-bond donors (Lipinski definition) is 0. The molecule has 4 heteroatoms. The van der Waals surface area contributed by atoms with Crippen molar-refractivity contribution >= 4 is 5.97 Å². The van der Waals surface area contributed by atoms with E-state index in [0.717, 1.165) is 17.5 Å². The Hall–Kier alpha value is -2.75. The number of esters is 1. The molecule has 22 heavy (non-hydrogen) atoms. The molecule has 0 radical (unpaired) electrons. The lowest BCUT2D eigenvalue weighted by atomic mass is 10.1. The van der Waals surface area contributed by atoms with Crippen molar-refractivity contribution in [2.24, 2.45) is 0 Å². The van der Waals surface area contributed by atoms with E-state index in [1.807, 2.05) is 37.3 Å². The second-order valence-electron chi connectivity index (χ2n) is 5.02. The number of allylic oxidation sites excluding steroid dienone is 1. The first kappa shape index (κ1) is 14.2. The number of hydrogen-bond acceptors (Lipinski definition) is 4. The molecule has 1 unspecified atom stereocenters. The normalized spacial score (nSPS) is 15.4. The van der Waals surface area contributed by atoms with Crippen molar-refractivity contribution in [1.29, 1.82) is 0 Å². The lowest BCUT2D eigenvalue weighted by molar-refractivity contribution is -0.140. The summed E-state index contributed by atoms with van der Waals surface area (Å²) in [6, 6.07) is 12.8. The van der Waals surface area contributed by atoms with E-state index in [0.29, 0.717) is 17.1 Å². The number of aryl methyl sites for hydroxylation is 1. The molecule has 0 spiro atoms. The van der Waals surface area contributed by atoms with E-state index < -0.39 is 12.4 Å². The van der Waals surface area contributed by atoms with Crippen LogP contribution in [-0.4, -0.2) is 12.4 Å². The summed E-state index contributed by atoms with van der Waals surface area (Å²) in [5, 5.41) is 0. The van der Waals surface area contributed by atoms with Gasteiger partial charge in [0.15, 0.2) is 11.5 Å². The summed E-state index contributed by atoms with van der Waals surface area (Å²) in [7, 11) is 0. The van der Waals surface area contributed by atoms with Gasteiger partial charge in [-0.1, -0.05) is 30.3 Å². The molecule has 2 aromatic rings. The molecule has 4 nitrogen and oxygen atoms in total. The highest BCUT2D eigenvalue weighted by Crippen LogP contribution is 2.36. The molecule has 0 bridgehead atoms. The zero-order valence-corrected chi connectivity index (χ0v) is 12.2. The summed E-state index contributed by atoms with van der Waals surface area (Å²) in [6.45, 7) is 4.50. The smallest absolute Gasteiger partial charge is 0.409 e. The molecule has 0 saturated heterocycles. The Bertz CT molecular complexity index is 721. The minimum Gasteiger partial charge on any atom is -0.419 e. The van der Waals surface area contributed by atoms with E-state index in [4.69, 9.17) is 14.2 Å². The SMILES string of the molecule is C=CCc1ccc2c(c1)OC(OC(=O)c1ccccc1C)O2. The average Bonchev–Trinajstić information content (AvgIpc) is 2.89. The van der Waals surface area contributed by atoms with Gasteiger partial charge in [0, 0.05) is 0 Å². The number of benzene rings is 2. The molecular weight excluding hydrogens is 280 g/mol. The maximum absolute atomic E-state index is 12.1. The first-order valence-electron chi connectivity index (χ1n) is 7.01. The Morgan fingerprint density at radius 2 is 2.00 bits per heavy atom. The molecule has 0 fully saturated rings. The van der Waals surface area contributed by atoms with Crippen LogP contribution < -0.4 is 9.47 Å². The number of fused-ring (bicyclic) bond motifs is 1. The Morgan fingerprint density at radius 1 is 1.23 bits per heavy atom. The van der Waals surface area contributed by atoms with Crippen LogP contribution in [-0.2, 0) is 11.2 Å². The number of carbonyl (C=O) groups excluding carboxylic acids is 1. The Labute approximate surface area is 128 Å². The first-order chi connectivity index (χ1) is 10.7. The molecule has 0 N–H and O–H groups in total. The van der Waals surface area contributed by atoms with Crippen LogP contribution in [0.3, 0.4) is 0 Å². The van der Waals surface area contributed by atoms with Crippen LogP contribution in [0.2, 0.25) is 0 Å². The summed E-state index contributed by atoms with van der Waals surface area (Å²) in [4.78, 5) is 12.1. The Balaban J connectivity index is 1.70. The summed E-state index contributed by atoms with van der Waals surface area (Å²) in [6.07, 6.45) is 2.55. The fraction of sp³-hybridized carbons (Fsp3) is 0.167. The summed E-state index contributed by atoms with van der Waals surface area (Å²) in [5.74, 6) is 0.666. The van der Waals surface area contributed by atoms with Gasteiger partial charge in [0.1, 0.15) is 0 Å². The van der Waals surface area contributed by atoms with Crippen molar-refractivity contribution in [3.63, 3.8) is 0 Å². The highest BCUT2D eigenvalue weighted by atomic mass is 16.9. The van der Waals surface area contributed by atoms with Crippen LogP contribution in [0, 0.1) is 6.92 Å². The third kappa shape index (κ3) is 2.81. The van der Waals surface area contributed by atoms with E-state index in [-0.39, 0.29) is 0 Å². The van der Waals surface area contributed by atoms with Crippen molar-refractivity contribution < 1.29 is 19.0 Å². The number of ether oxygens (including phenoxy) is 3. The molecule has 3 rings (SSSR count). The zero-order chi connectivity index (χ0) is 15.5. The summed E-state index contributed by atoms with van der Waals surface area (Å²) < 4.78 is 16.3. The minimum atomic E-state index is -1.05. The minimum absolute atomic E-state index is 0.470. The lowest BCUT2D eigenvalue weighted by Crippen LogP contribution is -2.26. The van der Waals surface area contributed by atoms with E-state index in [9.17, 15) is 4.79 Å². The second-order valence-corrected chi connectivity index (χ2v) is 5.02. The van der Waals surface area contributed by atoms with Gasteiger partial charge in [-0.05, 0) is 42.7 Å². The molecule has 2 aromatic carbocycles. The van der Waals surface area contributed by atoms with Crippen molar-refractivity contribution in [2.75, 3.05) is 0 Å². The van der Waals surface area contributed by atoms with Gasteiger partial charge >= 0.3 is 12.4 Å². The summed E-state index contributed by atoms with van der Waals surface area (Å²) in [5.41, 5.74) is 2.40. The maximum atomic E-state index is 12.1. The van der Waals surface area contributed by atoms with Crippen LogP contribution >= 0.6 is 0 Å². The monoisotopic (exact) mass is 296 g/mol. The molecular formula is C18H16O4. The van der Waals surface area contributed by atoms with Gasteiger partial charge in [-0.2, -0.15) is 0 Å². The Kier molecular flexibility index (Phi) is 3.83. The molecule has 1 heterocycles. The lowest BCUT2D eigenvalue weighted by Gasteiger charge is -2.11. The molecule has 1 aliphatic rings. The van der Waals surface area contributed by atoms with Crippen LogP contribution in [0.4, 0.5) is 0 Å². The van der Waals surface area contributed by atoms with E-state index in [2.05, 4.69) is 6.58 Å². The van der Waals surface area contributed by atoms with Crippen LogP contribution in [0.5, 0.6) is 11.5 Å². The summed E-state index contributed by atoms with van der Waals surface area (Å²) >= 11 is 0. The third-order valence-corrected chi connectivity index (χ3v) is 3.40. The van der Waals surface area contributed by atoms with Crippen LogP contribution in [0.15, 0.2) is 55.1 Å². The van der Waals surface area contributed by atoms with E-state index in [1.54, 1.807) is 18.2 Å². The number of rotatable bonds is 4. The topological polar surface area (TPSA) is 44.8 Å². The highest BCUT2D eigenvalue weighted by molar-refractivity contribution is 5.91. The van der Waals surface area contributed by atoms with Crippen LogP contribution in [0.1, 0.15) is 21.5 Å². The van der Waals surface area contributed by atoms with Crippen LogP contribution in [0.25, 0.3) is 0 Å². The zero-order valence-electron chi connectivity index (χ0n) is 12.2. The van der Waals surface area contributed by atoms with Crippen molar-refractivity contribution in [1.82, 2.24) is 0 Å². The average molecular weight is 296 g/mol. The fourth-order valence-electron chi connectivity index (χ4n) is 2.27. The van der Waals surface area contributed by atoms with Gasteiger partial charge in [0.25, 0.3) is 0 Å². The predicted molar refractivity (Wildman–Crippen MR) is 82.0 cm³/mol. The van der Waals surface area contributed by atoms with Gasteiger partial charge in [-0.15, -0.1) is 6.58 Å². The molecule has 0 amide bonds. The first-order valence-corrected chi connectivity index (χ1v) is 7.01. The van der Waals surface area contributed by atoms with Crippen molar-refractivity contribution in [3.05, 3.63) is 71.8 Å². The highest BCUT2D eigenvalue weighted by Gasteiger charge is 2.28. The van der Waals surface area contributed by atoms with Gasteiger partial charge in [-0.25, -0.2) is 4.79 Å². The third-order valence-electron chi connectivity index (χ3n) is 3.40. The van der Waals surface area contributed by atoms with Gasteiger partial charge in [0.2, 0.25) is 0 Å². The van der Waals surface area contributed by atoms with E-state index >= 15 is 0 Å². The van der Waals surface area contributed by atoms with E-state index in [1.165, 1.54) is 0 Å². The van der Waals surface area contributed by atoms with Gasteiger partial charge in [-0.3, -0.25) is 0 Å². The van der Waals surface area contributed by atoms with Gasteiger partial charge in [0.05, 0.1) is 5.56 Å². The predicted octanol–water partition coefficient (Wildman–Crippen LogP) is 3.64. The fourth-order valence-corrected chi connectivity index (χ4v) is 2.27. The molecule has 0 aliphatic carbocycles. The van der Waals surface area contributed by atoms with Crippen molar-refractivity contribution in [3.8, 4) is 11.5 Å². The number of carbonyl (C=O) groups is 1. The molecule has 112 valence electrons. The molecule has 1 atom stereocenters. The second kappa shape index (κ2) is 5.93. The maximum Gasteiger partial charge on any atom is 0.409 e. The van der Waals surface area contributed by atoms with Gasteiger partial charge < -0.3 is 14.2 Å². The van der Waals surface area contributed by atoms with Crippen molar-refractivity contribution in [2.45, 2.75) is 19.8 Å². The standard InChI is InChI=1S/C18H16O4/c1-3-6-13-9-10-15-16(11-13)21-18(20-15)22-17(19)14-8-5-4-7-12(14)2/h3-5,7-11,18H,1,6H2,2H3.